The summed E-state index contributed by atoms with van der Waals surface area (Å²) in [4.78, 5) is 16.6. The first-order valence-corrected chi connectivity index (χ1v) is 9.16. The van der Waals surface area contributed by atoms with Gasteiger partial charge in [-0.2, -0.15) is 13.2 Å². The lowest BCUT2D eigenvalue weighted by molar-refractivity contribution is -0.150. The van der Waals surface area contributed by atoms with Crippen molar-refractivity contribution in [1.29, 1.82) is 0 Å². The number of benzene rings is 1. The van der Waals surface area contributed by atoms with Crippen LogP contribution in [0.4, 0.5) is 17.6 Å². The number of alkyl halides is 3. The van der Waals surface area contributed by atoms with Gasteiger partial charge < -0.3 is 10.1 Å². The zero-order valence-corrected chi connectivity index (χ0v) is 15.5. The van der Waals surface area contributed by atoms with Crippen LogP contribution in [-0.4, -0.2) is 35.8 Å². The van der Waals surface area contributed by atoms with Crippen molar-refractivity contribution in [2.45, 2.75) is 44.3 Å². The molecule has 0 saturated carbocycles. The predicted octanol–water partition coefficient (Wildman–Crippen LogP) is 4.63. The molecule has 0 radical (unpaired) electrons. The van der Waals surface area contributed by atoms with E-state index in [0.717, 1.165) is 12.8 Å². The first kappa shape index (κ1) is 20.5. The summed E-state index contributed by atoms with van der Waals surface area (Å²) in [6.45, 7) is 2.40. The van der Waals surface area contributed by atoms with Gasteiger partial charge in [-0.25, -0.2) is 4.39 Å². The Hall–Kier alpha value is -2.22. The van der Waals surface area contributed by atoms with Crippen molar-refractivity contribution in [3.63, 3.8) is 0 Å². The summed E-state index contributed by atoms with van der Waals surface area (Å²) in [5.74, 6) is -1.24. The van der Waals surface area contributed by atoms with E-state index < -0.39 is 29.9 Å². The van der Waals surface area contributed by atoms with E-state index in [1.54, 1.807) is 6.07 Å². The molecule has 1 aliphatic heterocycles. The van der Waals surface area contributed by atoms with Crippen molar-refractivity contribution in [2.24, 2.45) is 5.92 Å². The summed E-state index contributed by atoms with van der Waals surface area (Å²) in [5, 5.41) is 2.95. The van der Waals surface area contributed by atoms with E-state index in [-0.39, 0.29) is 23.4 Å². The van der Waals surface area contributed by atoms with Gasteiger partial charge in [-0.1, -0.05) is 12.1 Å². The normalized spacial score (nSPS) is 20.0. The van der Waals surface area contributed by atoms with Gasteiger partial charge in [0.25, 0.3) is 5.91 Å². The minimum absolute atomic E-state index is 0.0507. The van der Waals surface area contributed by atoms with Gasteiger partial charge in [0.1, 0.15) is 11.3 Å². The number of carbonyl (C=O) groups excluding carboxylic acids is 1. The van der Waals surface area contributed by atoms with E-state index in [4.69, 9.17) is 4.74 Å². The first-order chi connectivity index (χ1) is 13.2. The number of ether oxygens (including phenoxy) is 1. The third-order valence-corrected chi connectivity index (χ3v) is 4.92. The lowest BCUT2D eigenvalue weighted by atomic mass is 9.83. The molecule has 1 aliphatic rings. The molecule has 0 aliphatic carbocycles. The van der Waals surface area contributed by atoms with Crippen LogP contribution in [0, 0.1) is 11.7 Å². The second-order valence-corrected chi connectivity index (χ2v) is 7.63. The van der Waals surface area contributed by atoms with Gasteiger partial charge in [0.05, 0.1) is 12.0 Å². The van der Waals surface area contributed by atoms with Crippen LogP contribution in [0.5, 0.6) is 0 Å². The second kappa shape index (κ2) is 8.03. The van der Waals surface area contributed by atoms with Crippen molar-refractivity contribution in [2.75, 3.05) is 13.2 Å². The molecule has 1 saturated heterocycles. The largest absolute Gasteiger partial charge is 0.391 e. The number of fused-ring (bicyclic) bond motifs is 1. The molecule has 1 aromatic carbocycles. The summed E-state index contributed by atoms with van der Waals surface area (Å²) in [7, 11) is 0. The SMILES string of the molecule is CC(CC1CCCOC1)(CC(F)(F)F)NC(=O)c1cnc2c(F)cccc2c1. The van der Waals surface area contributed by atoms with Gasteiger partial charge >= 0.3 is 6.18 Å². The molecular formula is C20H22F4N2O2. The molecule has 3 rings (SSSR count). The molecule has 2 heterocycles. The Kier molecular flexibility index (Phi) is 5.88. The molecule has 4 nitrogen and oxygen atoms in total. The highest BCUT2D eigenvalue weighted by atomic mass is 19.4. The summed E-state index contributed by atoms with van der Waals surface area (Å²) in [6.07, 6.45) is -2.67. The average Bonchev–Trinajstić information content (AvgIpc) is 2.60. The number of carbonyl (C=O) groups is 1. The molecule has 8 heteroatoms. The number of halogens is 4. The van der Waals surface area contributed by atoms with Gasteiger partial charge in [-0.3, -0.25) is 9.78 Å². The van der Waals surface area contributed by atoms with Crippen molar-refractivity contribution < 1.29 is 27.1 Å². The maximum Gasteiger partial charge on any atom is 0.391 e. The number of nitrogens with zero attached hydrogens (tertiary/aromatic N) is 1. The molecule has 2 atom stereocenters. The van der Waals surface area contributed by atoms with Crippen LogP contribution in [-0.2, 0) is 4.74 Å². The van der Waals surface area contributed by atoms with Gasteiger partial charge in [-0.15, -0.1) is 0 Å². The Balaban J connectivity index is 1.81. The molecule has 1 N–H and O–H groups in total. The third kappa shape index (κ3) is 5.19. The Morgan fingerprint density at radius 3 is 2.82 bits per heavy atom. The predicted molar refractivity (Wildman–Crippen MR) is 96.4 cm³/mol. The van der Waals surface area contributed by atoms with E-state index in [2.05, 4.69) is 10.3 Å². The molecule has 2 unspecified atom stereocenters. The number of rotatable bonds is 5. The van der Waals surface area contributed by atoms with Crippen molar-refractivity contribution in [3.05, 3.63) is 41.8 Å². The lowest BCUT2D eigenvalue weighted by Crippen LogP contribution is -2.50. The smallest absolute Gasteiger partial charge is 0.381 e. The highest BCUT2D eigenvalue weighted by Gasteiger charge is 2.42. The highest BCUT2D eigenvalue weighted by molar-refractivity contribution is 5.97. The van der Waals surface area contributed by atoms with Crippen LogP contribution < -0.4 is 5.32 Å². The first-order valence-electron chi connectivity index (χ1n) is 9.16. The van der Waals surface area contributed by atoms with E-state index in [1.165, 1.54) is 31.3 Å². The van der Waals surface area contributed by atoms with Crippen LogP contribution in [0.15, 0.2) is 30.5 Å². The quantitative estimate of drug-likeness (QED) is 0.747. The number of aromatic nitrogens is 1. The topological polar surface area (TPSA) is 51.2 Å². The van der Waals surface area contributed by atoms with Gasteiger partial charge in [0.15, 0.2) is 0 Å². The molecule has 0 spiro atoms. The number of amides is 1. The van der Waals surface area contributed by atoms with Crippen LogP contribution in [0.3, 0.4) is 0 Å². The van der Waals surface area contributed by atoms with E-state index in [0.29, 0.717) is 18.6 Å². The van der Waals surface area contributed by atoms with E-state index in [9.17, 15) is 22.4 Å². The fourth-order valence-electron chi connectivity index (χ4n) is 3.81. The minimum Gasteiger partial charge on any atom is -0.381 e. The Bertz CT molecular complexity index is 850. The second-order valence-electron chi connectivity index (χ2n) is 7.63. The molecule has 0 bridgehead atoms. The van der Waals surface area contributed by atoms with E-state index in [1.807, 2.05) is 0 Å². The van der Waals surface area contributed by atoms with Crippen molar-refractivity contribution in [3.8, 4) is 0 Å². The third-order valence-electron chi connectivity index (χ3n) is 4.92. The Morgan fingerprint density at radius 2 is 2.14 bits per heavy atom. The minimum atomic E-state index is -4.43. The number of nitrogens with one attached hydrogen (secondary N) is 1. The maximum absolute atomic E-state index is 13.7. The number of hydrogen-bond acceptors (Lipinski definition) is 3. The van der Waals surface area contributed by atoms with Crippen LogP contribution in [0.1, 0.15) is 43.0 Å². The molecule has 2 aromatic rings. The van der Waals surface area contributed by atoms with Crippen LogP contribution >= 0.6 is 0 Å². The van der Waals surface area contributed by atoms with E-state index >= 15 is 0 Å². The zero-order valence-electron chi connectivity index (χ0n) is 15.5. The highest BCUT2D eigenvalue weighted by Crippen LogP contribution is 2.34. The Morgan fingerprint density at radius 1 is 1.36 bits per heavy atom. The van der Waals surface area contributed by atoms with Crippen LogP contribution in [0.25, 0.3) is 10.9 Å². The summed E-state index contributed by atoms with van der Waals surface area (Å²) in [5.41, 5.74) is -1.28. The summed E-state index contributed by atoms with van der Waals surface area (Å²) >= 11 is 0. The maximum atomic E-state index is 13.7. The van der Waals surface area contributed by atoms with Gasteiger partial charge in [0, 0.05) is 30.3 Å². The molecule has 28 heavy (non-hydrogen) atoms. The van der Waals surface area contributed by atoms with Crippen molar-refractivity contribution >= 4 is 16.8 Å². The molecule has 152 valence electrons. The lowest BCUT2D eigenvalue weighted by Gasteiger charge is -2.36. The molecule has 1 fully saturated rings. The molecule has 1 aromatic heterocycles. The monoisotopic (exact) mass is 398 g/mol. The average molecular weight is 398 g/mol. The van der Waals surface area contributed by atoms with Crippen molar-refractivity contribution in [1.82, 2.24) is 10.3 Å². The fraction of sp³-hybridized carbons (Fsp3) is 0.500. The number of pyridine rings is 1. The summed E-state index contributed by atoms with van der Waals surface area (Å²) in [6, 6.07) is 5.76. The van der Waals surface area contributed by atoms with Gasteiger partial charge in [-0.05, 0) is 44.2 Å². The zero-order chi connectivity index (χ0) is 20.4. The molecule has 1 amide bonds. The standard InChI is InChI=1S/C20H22F4N2O2/c1-19(12-20(22,23)24,9-13-4-3-7-28-11-13)26-18(27)15-8-14-5-2-6-16(21)17(14)25-10-15/h2,5-6,8,10,13H,3-4,7,9,11-12H2,1H3,(H,26,27). The van der Waals surface area contributed by atoms with Crippen LogP contribution in [0.2, 0.25) is 0 Å². The fourth-order valence-corrected chi connectivity index (χ4v) is 3.81. The number of hydrogen-bond donors (Lipinski definition) is 1. The summed E-state index contributed by atoms with van der Waals surface area (Å²) < 4.78 is 58.6. The number of para-hydroxylation sites is 1. The van der Waals surface area contributed by atoms with Gasteiger partial charge in [0.2, 0.25) is 0 Å². The Labute approximate surface area is 160 Å². The molecular weight excluding hydrogens is 376 g/mol.